The molecular weight excluding hydrogens is 278 g/mol. The summed E-state index contributed by atoms with van der Waals surface area (Å²) < 4.78 is 0.862. The van der Waals surface area contributed by atoms with Gasteiger partial charge < -0.3 is 5.73 Å². The molecule has 0 radical (unpaired) electrons. The smallest absolute Gasteiger partial charge is 0.141 e. The van der Waals surface area contributed by atoms with E-state index in [1.165, 1.54) is 0 Å². The monoisotopic (exact) mass is 299 g/mol. The minimum Gasteiger partial charge on any atom is -0.383 e. The minimum atomic E-state index is 0.413. The number of rotatable bonds is 5. The molecule has 0 aromatic carbocycles. The summed E-state index contributed by atoms with van der Waals surface area (Å²) in [5.41, 5.74) is 6.98. The summed E-state index contributed by atoms with van der Waals surface area (Å²) >= 11 is 3.49. The Morgan fingerprint density at radius 3 is 2.24 bits per heavy atom. The minimum absolute atomic E-state index is 0.413. The van der Waals surface area contributed by atoms with Gasteiger partial charge in [0.25, 0.3) is 0 Å². The van der Waals surface area contributed by atoms with Gasteiger partial charge in [0.2, 0.25) is 0 Å². The summed E-state index contributed by atoms with van der Waals surface area (Å²) in [7, 11) is 0. The normalized spacial score (nSPS) is 11.5. The summed E-state index contributed by atoms with van der Waals surface area (Å²) in [4.78, 5) is 9.08. The largest absolute Gasteiger partial charge is 0.383 e. The molecule has 0 aliphatic rings. The van der Waals surface area contributed by atoms with Crippen LogP contribution in [0.1, 0.15) is 58.0 Å². The van der Waals surface area contributed by atoms with E-state index in [1.807, 2.05) is 0 Å². The highest BCUT2D eigenvalue weighted by atomic mass is 79.9. The molecule has 0 saturated heterocycles. The third-order valence-corrected chi connectivity index (χ3v) is 3.78. The van der Waals surface area contributed by atoms with Crippen molar-refractivity contribution in [1.82, 2.24) is 9.97 Å². The number of halogens is 1. The van der Waals surface area contributed by atoms with Crippen molar-refractivity contribution in [2.75, 3.05) is 5.73 Å². The molecule has 3 nitrogen and oxygen atoms in total. The maximum atomic E-state index is 5.95. The van der Waals surface area contributed by atoms with Crippen LogP contribution in [0.3, 0.4) is 0 Å². The Balaban J connectivity index is 3.13. The molecule has 96 valence electrons. The van der Waals surface area contributed by atoms with Gasteiger partial charge in [-0.2, -0.15) is 0 Å². The van der Waals surface area contributed by atoms with Crippen LogP contribution in [-0.4, -0.2) is 9.97 Å². The van der Waals surface area contributed by atoms with Gasteiger partial charge in [-0.1, -0.05) is 27.7 Å². The standard InChI is InChI=1S/C13H22BrN3/c1-5-9(6-2)13-16-10(7-8(3)4)11(14)12(15)17-13/h8-9H,5-7H2,1-4H3,(H2,15,16,17). The fourth-order valence-electron chi connectivity index (χ4n) is 1.89. The van der Waals surface area contributed by atoms with Crippen molar-refractivity contribution in [2.45, 2.75) is 52.9 Å². The number of nitrogen functional groups attached to an aromatic ring is 1. The molecule has 1 rings (SSSR count). The van der Waals surface area contributed by atoms with Crippen LogP contribution in [0, 0.1) is 5.92 Å². The van der Waals surface area contributed by atoms with Crippen molar-refractivity contribution in [2.24, 2.45) is 5.92 Å². The van der Waals surface area contributed by atoms with Crippen molar-refractivity contribution in [3.8, 4) is 0 Å². The van der Waals surface area contributed by atoms with E-state index in [-0.39, 0.29) is 0 Å². The third kappa shape index (κ3) is 3.66. The summed E-state index contributed by atoms with van der Waals surface area (Å²) in [6.45, 7) is 8.69. The molecule has 0 aliphatic carbocycles. The summed E-state index contributed by atoms with van der Waals surface area (Å²) in [6.07, 6.45) is 3.04. The van der Waals surface area contributed by atoms with Crippen LogP contribution >= 0.6 is 15.9 Å². The van der Waals surface area contributed by atoms with Crippen LogP contribution in [0.4, 0.5) is 5.82 Å². The maximum absolute atomic E-state index is 5.95. The topological polar surface area (TPSA) is 51.8 Å². The third-order valence-electron chi connectivity index (χ3n) is 2.92. The molecule has 1 aromatic rings. The zero-order chi connectivity index (χ0) is 13.0. The number of hydrogen-bond donors (Lipinski definition) is 1. The van der Waals surface area contributed by atoms with E-state index in [1.54, 1.807) is 0 Å². The van der Waals surface area contributed by atoms with Crippen molar-refractivity contribution in [3.63, 3.8) is 0 Å². The Hall–Kier alpha value is -0.640. The van der Waals surface area contributed by atoms with Crippen LogP contribution in [-0.2, 0) is 6.42 Å². The molecule has 1 aromatic heterocycles. The summed E-state index contributed by atoms with van der Waals surface area (Å²) in [5, 5.41) is 0. The predicted molar refractivity (Wildman–Crippen MR) is 76.0 cm³/mol. The zero-order valence-corrected chi connectivity index (χ0v) is 12.7. The molecule has 0 amide bonds. The molecule has 17 heavy (non-hydrogen) atoms. The van der Waals surface area contributed by atoms with Gasteiger partial charge in [0.15, 0.2) is 0 Å². The van der Waals surface area contributed by atoms with Crippen molar-refractivity contribution in [1.29, 1.82) is 0 Å². The van der Waals surface area contributed by atoms with Gasteiger partial charge in [-0.25, -0.2) is 9.97 Å². The van der Waals surface area contributed by atoms with E-state index in [2.05, 4.69) is 53.6 Å². The molecule has 0 fully saturated rings. The van der Waals surface area contributed by atoms with E-state index < -0.39 is 0 Å². The Morgan fingerprint density at radius 2 is 1.76 bits per heavy atom. The lowest BCUT2D eigenvalue weighted by atomic mass is 10.0. The number of hydrogen-bond acceptors (Lipinski definition) is 3. The summed E-state index contributed by atoms with van der Waals surface area (Å²) in [5.74, 6) is 2.44. The number of nitrogens with zero attached hydrogens (tertiary/aromatic N) is 2. The van der Waals surface area contributed by atoms with Gasteiger partial charge in [0.1, 0.15) is 11.6 Å². The summed E-state index contributed by atoms with van der Waals surface area (Å²) in [6, 6.07) is 0. The van der Waals surface area contributed by atoms with Crippen LogP contribution in [0.15, 0.2) is 4.47 Å². The van der Waals surface area contributed by atoms with E-state index in [4.69, 9.17) is 5.73 Å². The first-order valence-electron chi connectivity index (χ1n) is 6.31. The lowest BCUT2D eigenvalue weighted by Crippen LogP contribution is -2.10. The van der Waals surface area contributed by atoms with E-state index in [9.17, 15) is 0 Å². The average molecular weight is 300 g/mol. The van der Waals surface area contributed by atoms with Gasteiger partial charge in [-0.3, -0.25) is 0 Å². The molecule has 4 heteroatoms. The first kappa shape index (κ1) is 14.4. The lowest BCUT2D eigenvalue weighted by molar-refractivity contribution is 0.583. The van der Waals surface area contributed by atoms with Crippen LogP contribution in [0.5, 0.6) is 0 Å². The maximum Gasteiger partial charge on any atom is 0.141 e. The second-order valence-electron chi connectivity index (χ2n) is 4.84. The number of anilines is 1. The van der Waals surface area contributed by atoms with E-state index in [0.29, 0.717) is 17.7 Å². The average Bonchev–Trinajstić information content (AvgIpc) is 2.26. The fraction of sp³-hybridized carbons (Fsp3) is 0.692. The van der Waals surface area contributed by atoms with Gasteiger partial charge in [-0.15, -0.1) is 0 Å². The van der Waals surface area contributed by atoms with Crippen LogP contribution < -0.4 is 5.73 Å². The molecule has 0 bridgehead atoms. The lowest BCUT2D eigenvalue weighted by Gasteiger charge is -2.15. The van der Waals surface area contributed by atoms with Crippen molar-refractivity contribution in [3.05, 3.63) is 16.0 Å². The molecule has 0 atom stereocenters. The number of nitrogens with two attached hydrogens (primary N) is 1. The Labute approximate surface area is 112 Å². The van der Waals surface area contributed by atoms with Gasteiger partial charge >= 0.3 is 0 Å². The molecular formula is C13H22BrN3. The SMILES string of the molecule is CCC(CC)c1nc(N)c(Br)c(CC(C)C)n1. The Kier molecular flexibility index (Phi) is 5.37. The van der Waals surface area contributed by atoms with Gasteiger partial charge in [0.05, 0.1) is 10.2 Å². The Bertz CT molecular complexity index is 373. The molecule has 0 spiro atoms. The van der Waals surface area contributed by atoms with Gasteiger partial charge in [-0.05, 0) is 41.1 Å². The highest BCUT2D eigenvalue weighted by molar-refractivity contribution is 9.10. The first-order valence-corrected chi connectivity index (χ1v) is 7.10. The highest BCUT2D eigenvalue weighted by Crippen LogP contribution is 2.27. The quantitative estimate of drug-likeness (QED) is 0.896. The molecule has 0 saturated carbocycles. The van der Waals surface area contributed by atoms with E-state index in [0.717, 1.165) is 35.3 Å². The van der Waals surface area contributed by atoms with Crippen LogP contribution in [0.25, 0.3) is 0 Å². The molecule has 2 N–H and O–H groups in total. The molecule has 1 heterocycles. The van der Waals surface area contributed by atoms with Crippen molar-refractivity contribution < 1.29 is 0 Å². The Morgan fingerprint density at radius 1 is 1.18 bits per heavy atom. The second-order valence-corrected chi connectivity index (χ2v) is 5.63. The predicted octanol–water partition coefficient (Wildman–Crippen LogP) is 3.92. The van der Waals surface area contributed by atoms with Crippen LogP contribution in [0.2, 0.25) is 0 Å². The first-order chi connectivity index (χ1) is 7.99. The van der Waals surface area contributed by atoms with E-state index >= 15 is 0 Å². The number of aromatic nitrogens is 2. The molecule has 0 aliphatic heterocycles. The second kappa shape index (κ2) is 6.34. The van der Waals surface area contributed by atoms with Crippen molar-refractivity contribution >= 4 is 21.7 Å². The van der Waals surface area contributed by atoms with Gasteiger partial charge in [0, 0.05) is 5.92 Å². The highest BCUT2D eigenvalue weighted by Gasteiger charge is 2.16. The molecule has 0 unspecified atom stereocenters. The zero-order valence-electron chi connectivity index (χ0n) is 11.1. The fourth-order valence-corrected chi connectivity index (χ4v) is 2.23.